The molecule has 1 atom stereocenters. The Morgan fingerprint density at radius 2 is 1.95 bits per heavy atom. The SMILES string of the molecule is CCC(C)CN1CCOCC1.COCCCc1ccncc1. The number of aryl methyl sites for hydroxylation is 1. The quantitative estimate of drug-likeness (QED) is 0.725. The summed E-state index contributed by atoms with van der Waals surface area (Å²) in [7, 11) is 1.73. The third-order valence-electron chi connectivity index (χ3n) is 3.93. The molecule has 126 valence electrons. The molecule has 1 aliphatic rings. The van der Waals surface area contributed by atoms with E-state index in [4.69, 9.17) is 9.47 Å². The summed E-state index contributed by atoms with van der Waals surface area (Å²) in [6.45, 7) is 10.8. The summed E-state index contributed by atoms with van der Waals surface area (Å²) < 4.78 is 10.2. The number of rotatable bonds is 7. The smallest absolute Gasteiger partial charge is 0.0594 e. The second kappa shape index (κ2) is 12.6. The van der Waals surface area contributed by atoms with Crippen molar-refractivity contribution in [3.63, 3.8) is 0 Å². The molecule has 0 amide bonds. The summed E-state index contributed by atoms with van der Waals surface area (Å²) >= 11 is 0. The summed E-state index contributed by atoms with van der Waals surface area (Å²) in [5, 5.41) is 0. The highest BCUT2D eigenvalue weighted by molar-refractivity contribution is 5.09. The first-order valence-corrected chi connectivity index (χ1v) is 8.44. The molecule has 2 rings (SSSR count). The van der Waals surface area contributed by atoms with Crippen LogP contribution in [0.1, 0.15) is 32.3 Å². The molecule has 0 aromatic carbocycles. The van der Waals surface area contributed by atoms with Gasteiger partial charge in [-0.2, -0.15) is 0 Å². The molecule has 1 saturated heterocycles. The fourth-order valence-electron chi connectivity index (χ4n) is 2.32. The number of hydrogen-bond donors (Lipinski definition) is 0. The molecule has 1 fully saturated rings. The van der Waals surface area contributed by atoms with Crippen molar-refractivity contribution in [3.05, 3.63) is 30.1 Å². The van der Waals surface area contributed by atoms with E-state index in [1.54, 1.807) is 7.11 Å². The fourth-order valence-corrected chi connectivity index (χ4v) is 2.32. The van der Waals surface area contributed by atoms with Crippen molar-refractivity contribution >= 4 is 0 Å². The summed E-state index contributed by atoms with van der Waals surface area (Å²) in [6, 6.07) is 4.07. The van der Waals surface area contributed by atoms with Gasteiger partial charge in [0.1, 0.15) is 0 Å². The van der Waals surface area contributed by atoms with E-state index in [-0.39, 0.29) is 0 Å². The highest BCUT2D eigenvalue weighted by Gasteiger charge is 2.11. The minimum atomic E-state index is 0.836. The van der Waals surface area contributed by atoms with Crippen molar-refractivity contribution in [2.45, 2.75) is 33.1 Å². The van der Waals surface area contributed by atoms with Crippen LogP contribution in [0.5, 0.6) is 0 Å². The third kappa shape index (κ3) is 9.13. The molecule has 1 aromatic rings. The minimum Gasteiger partial charge on any atom is -0.385 e. The Hall–Kier alpha value is -0.970. The summed E-state index contributed by atoms with van der Waals surface area (Å²) in [4.78, 5) is 6.44. The molecule has 0 saturated carbocycles. The van der Waals surface area contributed by atoms with Crippen LogP contribution in [0.3, 0.4) is 0 Å². The first-order chi connectivity index (χ1) is 10.8. The van der Waals surface area contributed by atoms with Gasteiger partial charge in [0.25, 0.3) is 0 Å². The number of aromatic nitrogens is 1. The zero-order chi connectivity index (χ0) is 16.0. The van der Waals surface area contributed by atoms with Gasteiger partial charge in [-0.15, -0.1) is 0 Å². The Labute approximate surface area is 135 Å². The molecule has 22 heavy (non-hydrogen) atoms. The number of pyridine rings is 1. The predicted molar refractivity (Wildman–Crippen MR) is 91.1 cm³/mol. The summed E-state index contributed by atoms with van der Waals surface area (Å²) in [5.41, 5.74) is 1.33. The Balaban J connectivity index is 0.000000220. The second-order valence-electron chi connectivity index (χ2n) is 5.88. The molecule has 4 heteroatoms. The van der Waals surface area contributed by atoms with Gasteiger partial charge in [-0.3, -0.25) is 9.88 Å². The van der Waals surface area contributed by atoms with Gasteiger partial charge in [0.05, 0.1) is 13.2 Å². The molecule has 0 aliphatic carbocycles. The lowest BCUT2D eigenvalue weighted by molar-refractivity contribution is 0.0316. The van der Waals surface area contributed by atoms with Gasteiger partial charge in [-0.25, -0.2) is 0 Å². The van der Waals surface area contributed by atoms with E-state index in [0.29, 0.717) is 0 Å². The molecule has 1 aliphatic heterocycles. The van der Waals surface area contributed by atoms with Crippen LogP contribution in [0.2, 0.25) is 0 Å². The van der Waals surface area contributed by atoms with Gasteiger partial charge in [0.15, 0.2) is 0 Å². The maximum atomic E-state index is 5.27. The van der Waals surface area contributed by atoms with E-state index in [0.717, 1.165) is 51.7 Å². The van der Waals surface area contributed by atoms with Crippen LogP contribution in [0.15, 0.2) is 24.5 Å². The lowest BCUT2D eigenvalue weighted by Gasteiger charge is -2.28. The van der Waals surface area contributed by atoms with Crippen LogP contribution in [0, 0.1) is 5.92 Å². The Kier molecular flexibility index (Phi) is 10.9. The molecule has 2 heterocycles. The summed E-state index contributed by atoms with van der Waals surface area (Å²) in [6.07, 6.45) is 7.10. The van der Waals surface area contributed by atoms with Crippen LogP contribution >= 0.6 is 0 Å². The Morgan fingerprint density at radius 3 is 2.55 bits per heavy atom. The van der Waals surface area contributed by atoms with Gasteiger partial charge in [0, 0.05) is 45.7 Å². The molecule has 0 bridgehead atoms. The topological polar surface area (TPSA) is 34.6 Å². The van der Waals surface area contributed by atoms with E-state index in [2.05, 4.69) is 23.7 Å². The zero-order valence-electron chi connectivity index (χ0n) is 14.5. The number of nitrogens with zero attached hydrogens (tertiary/aromatic N) is 2. The summed E-state index contributed by atoms with van der Waals surface area (Å²) in [5.74, 6) is 0.841. The van der Waals surface area contributed by atoms with Crippen LogP contribution < -0.4 is 0 Å². The first-order valence-electron chi connectivity index (χ1n) is 8.44. The maximum absolute atomic E-state index is 5.27. The second-order valence-corrected chi connectivity index (χ2v) is 5.88. The normalized spacial score (nSPS) is 16.7. The van der Waals surface area contributed by atoms with E-state index in [1.807, 2.05) is 24.5 Å². The Bertz CT molecular complexity index is 353. The highest BCUT2D eigenvalue weighted by atomic mass is 16.5. The molecule has 1 unspecified atom stereocenters. The highest BCUT2D eigenvalue weighted by Crippen LogP contribution is 2.05. The first kappa shape index (κ1) is 19.1. The number of morpholine rings is 1. The molecule has 0 N–H and O–H groups in total. The largest absolute Gasteiger partial charge is 0.385 e. The van der Waals surface area contributed by atoms with Crippen molar-refractivity contribution in [3.8, 4) is 0 Å². The van der Waals surface area contributed by atoms with Gasteiger partial charge in [-0.05, 0) is 36.5 Å². The minimum absolute atomic E-state index is 0.836. The van der Waals surface area contributed by atoms with Crippen LogP contribution in [-0.2, 0) is 15.9 Å². The molecular weight excluding hydrogens is 276 g/mol. The van der Waals surface area contributed by atoms with Crippen LogP contribution in [-0.4, -0.2) is 56.4 Å². The molecule has 4 nitrogen and oxygen atoms in total. The van der Waals surface area contributed by atoms with Crippen molar-refractivity contribution in [2.24, 2.45) is 5.92 Å². The predicted octanol–water partition coefficient (Wildman–Crippen LogP) is 3.03. The number of methoxy groups -OCH3 is 1. The molecule has 1 aromatic heterocycles. The van der Waals surface area contributed by atoms with Gasteiger partial charge < -0.3 is 9.47 Å². The average molecular weight is 308 g/mol. The molecule has 0 radical (unpaired) electrons. The van der Waals surface area contributed by atoms with Gasteiger partial charge in [0.2, 0.25) is 0 Å². The molecular formula is C18H32N2O2. The monoisotopic (exact) mass is 308 g/mol. The lowest BCUT2D eigenvalue weighted by Crippen LogP contribution is -2.38. The lowest BCUT2D eigenvalue weighted by atomic mass is 10.1. The number of hydrogen-bond acceptors (Lipinski definition) is 4. The van der Waals surface area contributed by atoms with E-state index < -0.39 is 0 Å². The van der Waals surface area contributed by atoms with Gasteiger partial charge in [-0.1, -0.05) is 20.3 Å². The van der Waals surface area contributed by atoms with Crippen LogP contribution in [0.4, 0.5) is 0 Å². The van der Waals surface area contributed by atoms with Crippen molar-refractivity contribution < 1.29 is 9.47 Å². The van der Waals surface area contributed by atoms with E-state index >= 15 is 0 Å². The zero-order valence-corrected chi connectivity index (χ0v) is 14.5. The van der Waals surface area contributed by atoms with E-state index in [9.17, 15) is 0 Å². The fraction of sp³-hybridized carbons (Fsp3) is 0.722. The van der Waals surface area contributed by atoms with Crippen molar-refractivity contribution in [1.29, 1.82) is 0 Å². The number of ether oxygens (including phenoxy) is 2. The van der Waals surface area contributed by atoms with Crippen LogP contribution in [0.25, 0.3) is 0 Å². The third-order valence-corrected chi connectivity index (χ3v) is 3.93. The molecule has 0 spiro atoms. The maximum Gasteiger partial charge on any atom is 0.0594 e. The van der Waals surface area contributed by atoms with Crippen molar-refractivity contribution in [1.82, 2.24) is 9.88 Å². The standard InChI is InChI=1S/C9H13NO.C9H19NO/c1-11-8-2-3-9-4-6-10-7-5-9;1-3-9(2)8-10-4-6-11-7-5-10/h4-7H,2-3,8H2,1H3;9H,3-8H2,1-2H3. The van der Waals surface area contributed by atoms with Gasteiger partial charge >= 0.3 is 0 Å². The Morgan fingerprint density at radius 1 is 1.27 bits per heavy atom. The average Bonchev–Trinajstić information content (AvgIpc) is 2.57. The van der Waals surface area contributed by atoms with E-state index in [1.165, 1.54) is 18.5 Å². The van der Waals surface area contributed by atoms with Crippen molar-refractivity contribution in [2.75, 3.05) is 46.6 Å².